The monoisotopic (exact) mass is 232 g/mol. The van der Waals surface area contributed by atoms with Gasteiger partial charge in [0.2, 0.25) is 0 Å². The Morgan fingerprint density at radius 3 is 2.71 bits per heavy atom. The molecule has 1 aromatic carbocycles. The lowest BCUT2D eigenvalue weighted by Crippen LogP contribution is -1.97. The van der Waals surface area contributed by atoms with E-state index >= 15 is 0 Å². The molecular formula is C14H16O3. The number of ether oxygens (including phenoxy) is 1. The average molecular weight is 232 g/mol. The van der Waals surface area contributed by atoms with Gasteiger partial charge in [0.1, 0.15) is 11.5 Å². The molecule has 17 heavy (non-hydrogen) atoms. The van der Waals surface area contributed by atoms with Gasteiger partial charge in [-0.25, -0.2) is 0 Å². The van der Waals surface area contributed by atoms with Crippen LogP contribution in [0.25, 0.3) is 6.08 Å². The van der Waals surface area contributed by atoms with Crippen molar-refractivity contribution in [2.45, 2.75) is 19.8 Å². The van der Waals surface area contributed by atoms with Gasteiger partial charge in [-0.3, -0.25) is 4.79 Å². The summed E-state index contributed by atoms with van der Waals surface area (Å²) in [4.78, 5) is 22.1. The quantitative estimate of drug-likeness (QED) is 0.708. The lowest BCUT2D eigenvalue weighted by atomic mass is 10.1. The first-order chi connectivity index (χ1) is 8.11. The number of rotatable bonds is 6. The Bertz CT molecular complexity index is 433. The van der Waals surface area contributed by atoms with Crippen molar-refractivity contribution in [3.63, 3.8) is 0 Å². The van der Waals surface area contributed by atoms with Crippen molar-refractivity contribution < 1.29 is 14.3 Å². The van der Waals surface area contributed by atoms with Crippen molar-refractivity contribution in [3.05, 3.63) is 35.9 Å². The first-order valence-electron chi connectivity index (χ1n) is 5.46. The van der Waals surface area contributed by atoms with E-state index in [1.54, 1.807) is 13.2 Å². The first kappa shape index (κ1) is 13.2. The number of carbonyl (C=O) groups excluding carboxylic acids is 2. The predicted molar refractivity (Wildman–Crippen MR) is 67.0 cm³/mol. The molecule has 0 saturated carbocycles. The van der Waals surface area contributed by atoms with Gasteiger partial charge in [0.05, 0.1) is 7.11 Å². The summed E-state index contributed by atoms with van der Waals surface area (Å²) in [6.45, 7) is 1.49. The molecule has 0 radical (unpaired) electrons. The fourth-order valence-corrected chi connectivity index (χ4v) is 1.32. The normalized spacial score (nSPS) is 10.5. The molecule has 0 bridgehead atoms. The van der Waals surface area contributed by atoms with Crippen LogP contribution in [0.5, 0.6) is 5.75 Å². The largest absolute Gasteiger partial charge is 0.497 e. The minimum Gasteiger partial charge on any atom is -0.497 e. The van der Waals surface area contributed by atoms with Crippen LogP contribution in [0.3, 0.4) is 0 Å². The summed E-state index contributed by atoms with van der Waals surface area (Å²) in [5.74, 6) is 0.750. The molecule has 0 heterocycles. The molecule has 0 spiro atoms. The number of benzene rings is 1. The van der Waals surface area contributed by atoms with Crippen LogP contribution in [0.15, 0.2) is 30.3 Å². The van der Waals surface area contributed by atoms with Crippen molar-refractivity contribution >= 4 is 17.6 Å². The summed E-state index contributed by atoms with van der Waals surface area (Å²) >= 11 is 0. The van der Waals surface area contributed by atoms with E-state index in [0.29, 0.717) is 6.42 Å². The van der Waals surface area contributed by atoms with E-state index in [0.717, 1.165) is 11.3 Å². The molecule has 0 amide bonds. The van der Waals surface area contributed by atoms with Gasteiger partial charge in [-0.1, -0.05) is 18.2 Å². The number of hydrogen-bond donors (Lipinski definition) is 0. The molecule has 0 unspecified atom stereocenters. The van der Waals surface area contributed by atoms with Crippen LogP contribution >= 0.6 is 0 Å². The summed E-state index contributed by atoms with van der Waals surface area (Å²) in [6.07, 6.45) is 3.81. The van der Waals surface area contributed by atoms with Crippen LogP contribution in [0, 0.1) is 0 Å². The molecule has 1 rings (SSSR count). The van der Waals surface area contributed by atoms with E-state index in [9.17, 15) is 9.59 Å². The molecule has 3 nitrogen and oxygen atoms in total. The molecule has 0 aliphatic heterocycles. The smallest absolute Gasteiger partial charge is 0.156 e. The third-order valence-corrected chi connectivity index (χ3v) is 2.28. The van der Waals surface area contributed by atoms with E-state index in [1.807, 2.05) is 24.3 Å². The number of ketones is 2. The Hall–Kier alpha value is -1.90. The van der Waals surface area contributed by atoms with Gasteiger partial charge in [-0.05, 0) is 30.7 Å². The first-order valence-corrected chi connectivity index (χ1v) is 5.46. The summed E-state index contributed by atoms with van der Waals surface area (Å²) in [7, 11) is 1.60. The Morgan fingerprint density at radius 2 is 2.06 bits per heavy atom. The molecule has 0 saturated heterocycles. The summed E-state index contributed by atoms with van der Waals surface area (Å²) in [5, 5.41) is 0. The second-order valence-electron chi connectivity index (χ2n) is 3.78. The van der Waals surface area contributed by atoms with E-state index in [4.69, 9.17) is 4.74 Å². The third-order valence-electron chi connectivity index (χ3n) is 2.28. The number of allylic oxidation sites excluding steroid dienone is 1. The van der Waals surface area contributed by atoms with Crippen LogP contribution in [0.4, 0.5) is 0 Å². The Kier molecular flexibility index (Phi) is 5.14. The zero-order valence-corrected chi connectivity index (χ0v) is 10.1. The highest BCUT2D eigenvalue weighted by Crippen LogP contribution is 2.13. The summed E-state index contributed by atoms with van der Waals surface area (Å²) in [6, 6.07) is 7.43. The van der Waals surface area contributed by atoms with Gasteiger partial charge in [-0.2, -0.15) is 0 Å². The van der Waals surface area contributed by atoms with Crippen molar-refractivity contribution in [1.29, 1.82) is 0 Å². The third kappa shape index (κ3) is 5.11. The van der Waals surface area contributed by atoms with Crippen LogP contribution in [-0.2, 0) is 9.59 Å². The zero-order chi connectivity index (χ0) is 12.7. The van der Waals surface area contributed by atoms with Gasteiger partial charge in [0.25, 0.3) is 0 Å². The van der Waals surface area contributed by atoms with Gasteiger partial charge >= 0.3 is 0 Å². The molecule has 0 aromatic heterocycles. The topological polar surface area (TPSA) is 43.4 Å². The second-order valence-corrected chi connectivity index (χ2v) is 3.78. The van der Waals surface area contributed by atoms with Crippen LogP contribution in [-0.4, -0.2) is 18.7 Å². The second kappa shape index (κ2) is 6.63. The maximum atomic E-state index is 11.4. The fourth-order valence-electron chi connectivity index (χ4n) is 1.32. The van der Waals surface area contributed by atoms with E-state index in [-0.39, 0.29) is 18.0 Å². The molecule has 3 heteroatoms. The van der Waals surface area contributed by atoms with Crippen LogP contribution in [0.1, 0.15) is 25.3 Å². The maximum absolute atomic E-state index is 11.4. The van der Waals surface area contributed by atoms with E-state index < -0.39 is 0 Å². The lowest BCUT2D eigenvalue weighted by Gasteiger charge is -1.99. The van der Waals surface area contributed by atoms with Crippen molar-refractivity contribution in [3.8, 4) is 5.75 Å². The molecule has 1 aromatic rings. The highest BCUT2D eigenvalue weighted by Gasteiger charge is 1.99. The molecule has 0 N–H and O–H groups in total. The van der Waals surface area contributed by atoms with Gasteiger partial charge in [0.15, 0.2) is 5.78 Å². The van der Waals surface area contributed by atoms with Crippen molar-refractivity contribution in [2.24, 2.45) is 0 Å². The maximum Gasteiger partial charge on any atom is 0.156 e. The average Bonchev–Trinajstić information content (AvgIpc) is 2.34. The Balaban J connectivity index is 2.57. The lowest BCUT2D eigenvalue weighted by molar-refractivity contribution is -0.120. The SMILES string of the molecule is COc1cccc(/C=C/C(=O)CCC(C)=O)c1. The van der Waals surface area contributed by atoms with Crippen LogP contribution < -0.4 is 4.74 Å². The van der Waals surface area contributed by atoms with Gasteiger partial charge < -0.3 is 9.53 Å². The molecule has 0 fully saturated rings. The highest BCUT2D eigenvalue weighted by atomic mass is 16.5. The van der Waals surface area contributed by atoms with E-state index in [2.05, 4.69) is 0 Å². The number of hydrogen-bond acceptors (Lipinski definition) is 3. The van der Waals surface area contributed by atoms with Crippen molar-refractivity contribution in [1.82, 2.24) is 0 Å². The number of Topliss-reactive ketones (excluding diaryl/α,β-unsaturated/α-hetero) is 1. The zero-order valence-electron chi connectivity index (χ0n) is 10.1. The van der Waals surface area contributed by atoms with Crippen molar-refractivity contribution in [2.75, 3.05) is 7.11 Å². The number of methoxy groups -OCH3 is 1. The Labute approximate surface area is 101 Å². The van der Waals surface area contributed by atoms with Crippen LogP contribution in [0.2, 0.25) is 0 Å². The fraction of sp³-hybridized carbons (Fsp3) is 0.286. The molecule has 0 atom stereocenters. The highest BCUT2D eigenvalue weighted by molar-refractivity contribution is 5.95. The minimum absolute atomic E-state index is 0.0353. The molecule has 90 valence electrons. The summed E-state index contributed by atoms with van der Waals surface area (Å²) in [5.41, 5.74) is 0.903. The minimum atomic E-state index is -0.0389. The number of carbonyl (C=O) groups is 2. The summed E-state index contributed by atoms with van der Waals surface area (Å²) < 4.78 is 5.08. The molecule has 0 aliphatic rings. The molecule has 0 aliphatic carbocycles. The molecular weight excluding hydrogens is 216 g/mol. The Morgan fingerprint density at radius 1 is 1.29 bits per heavy atom. The predicted octanol–water partition coefficient (Wildman–Crippen LogP) is 2.65. The van der Waals surface area contributed by atoms with Gasteiger partial charge in [-0.15, -0.1) is 0 Å². The standard InChI is InChI=1S/C14H16O3/c1-11(15)6-8-13(16)9-7-12-4-3-5-14(10-12)17-2/h3-5,7,9-10H,6,8H2,1-2H3/b9-7+. The van der Waals surface area contributed by atoms with Gasteiger partial charge in [0, 0.05) is 12.8 Å². The van der Waals surface area contributed by atoms with E-state index in [1.165, 1.54) is 13.0 Å².